The van der Waals surface area contributed by atoms with Crippen LogP contribution in [0.2, 0.25) is 5.02 Å². The standard InChI is InChI=1S/C17H26ClNO/c1-11(2)16(12(3)4)10-19-9-14-8-15(18)7-13-5-6-20-17(13)14/h7-8,11-12,16,19H,5-6,9-10H2,1-4H3. The topological polar surface area (TPSA) is 21.3 Å². The molecule has 3 heteroatoms. The molecule has 0 aliphatic carbocycles. The molecule has 0 saturated carbocycles. The number of nitrogens with one attached hydrogen (secondary N) is 1. The molecule has 0 amide bonds. The minimum atomic E-state index is 0.697. The van der Waals surface area contributed by atoms with Crippen LogP contribution in [-0.2, 0) is 13.0 Å². The highest BCUT2D eigenvalue weighted by Gasteiger charge is 2.19. The van der Waals surface area contributed by atoms with E-state index in [0.717, 1.165) is 36.9 Å². The first-order valence-corrected chi connectivity index (χ1v) is 8.01. The second-order valence-electron chi connectivity index (χ2n) is 6.43. The fourth-order valence-electron chi connectivity index (χ4n) is 3.09. The third-order valence-corrected chi connectivity index (χ3v) is 4.45. The lowest BCUT2D eigenvalue weighted by Gasteiger charge is -2.25. The summed E-state index contributed by atoms with van der Waals surface area (Å²) in [6, 6.07) is 4.05. The van der Waals surface area contributed by atoms with E-state index in [2.05, 4.69) is 33.0 Å². The Balaban J connectivity index is 1.98. The van der Waals surface area contributed by atoms with Gasteiger partial charge in [0.2, 0.25) is 0 Å². The first kappa shape index (κ1) is 15.7. The van der Waals surface area contributed by atoms with Gasteiger partial charge in [-0.05, 0) is 42.0 Å². The molecule has 0 radical (unpaired) electrons. The molecule has 0 spiro atoms. The number of fused-ring (bicyclic) bond motifs is 1. The number of halogens is 1. The molecule has 0 bridgehead atoms. The van der Waals surface area contributed by atoms with Crippen molar-refractivity contribution in [2.45, 2.75) is 40.7 Å². The lowest BCUT2D eigenvalue weighted by molar-refractivity contribution is 0.274. The number of ether oxygens (including phenoxy) is 1. The van der Waals surface area contributed by atoms with Crippen LogP contribution in [0.15, 0.2) is 12.1 Å². The zero-order chi connectivity index (χ0) is 14.7. The van der Waals surface area contributed by atoms with Crippen LogP contribution < -0.4 is 10.1 Å². The molecule has 20 heavy (non-hydrogen) atoms. The van der Waals surface area contributed by atoms with Gasteiger partial charge in [-0.3, -0.25) is 0 Å². The van der Waals surface area contributed by atoms with Crippen LogP contribution in [0.1, 0.15) is 38.8 Å². The second-order valence-corrected chi connectivity index (χ2v) is 6.87. The molecule has 0 fully saturated rings. The Morgan fingerprint density at radius 2 is 1.90 bits per heavy atom. The maximum absolute atomic E-state index is 6.19. The van der Waals surface area contributed by atoms with Gasteiger partial charge in [0, 0.05) is 23.6 Å². The van der Waals surface area contributed by atoms with E-state index >= 15 is 0 Å². The summed E-state index contributed by atoms with van der Waals surface area (Å²) in [6.45, 7) is 11.8. The highest BCUT2D eigenvalue weighted by atomic mass is 35.5. The number of hydrogen-bond donors (Lipinski definition) is 1. The van der Waals surface area contributed by atoms with Crippen molar-refractivity contribution >= 4 is 11.6 Å². The highest BCUT2D eigenvalue weighted by Crippen LogP contribution is 2.32. The van der Waals surface area contributed by atoms with Crippen LogP contribution in [-0.4, -0.2) is 13.2 Å². The van der Waals surface area contributed by atoms with Gasteiger partial charge in [0.15, 0.2) is 0 Å². The van der Waals surface area contributed by atoms with Gasteiger partial charge in [-0.15, -0.1) is 0 Å². The van der Waals surface area contributed by atoms with Crippen molar-refractivity contribution in [3.8, 4) is 5.75 Å². The Morgan fingerprint density at radius 1 is 1.20 bits per heavy atom. The summed E-state index contributed by atoms with van der Waals surface area (Å²) in [5, 5.41) is 4.40. The van der Waals surface area contributed by atoms with Crippen molar-refractivity contribution in [2.75, 3.05) is 13.2 Å². The molecule has 2 rings (SSSR count). The largest absolute Gasteiger partial charge is 0.493 e. The summed E-state index contributed by atoms with van der Waals surface area (Å²) in [5.74, 6) is 3.14. The Hall–Kier alpha value is -0.730. The fraction of sp³-hybridized carbons (Fsp3) is 0.647. The molecule has 1 aliphatic rings. The first-order chi connectivity index (χ1) is 9.49. The molecule has 1 aliphatic heterocycles. The van der Waals surface area contributed by atoms with Crippen molar-refractivity contribution in [3.63, 3.8) is 0 Å². The van der Waals surface area contributed by atoms with Crippen molar-refractivity contribution in [3.05, 3.63) is 28.3 Å². The molecule has 0 saturated heterocycles. The van der Waals surface area contributed by atoms with Gasteiger partial charge in [-0.2, -0.15) is 0 Å². The molecule has 2 nitrogen and oxygen atoms in total. The van der Waals surface area contributed by atoms with Crippen molar-refractivity contribution in [1.29, 1.82) is 0 Å². The molecule has 1 N–H and O–H groups in total. The Labute approximate surface area is 127 Å². The first-order valence-electron chi connectivity index (χ1n) is 7.64. The maximum Gasteiger partial charge on any atom is 0.127 e. The lowest BCUT2D eigenvalue weighted by Crippen LogP contribution is -2.29. The number of benzene rings is 1. The van der Waals surface area contributed by atoms with Gasteiger partial charge in [-0.1, -0.05) is 39.3 Å². The van der Waals surface area contributed by atoms with Crippen molar-refractivity contribution in [1.82, 2.24) is 5.32 Å². The molecule has 1 heterocycles. The maximum atomic E-state index is 6.19. The van der Waals surface area contributed by atoms with E-state index in [0.29, 0.717) is 17.8 Å². The SMILES string of the molecule is CC(C)C(CNCc1cc(Cl)cc2c1OCC2)C(C)C. The lowest BCUT2D eigenvalue weighted by atomic mass is 9.85. The van der Waals surface area contributed by atoms with Gasteiger partial charge in [-0.25, -0.2) is 0 Å². The van der Waals surface area contributed by atoms with Crippen molar-refractivity contribution in [2.24, 2.45) is 17.8 Å². The predicted octanol–water partition coefficient (Wildman–Crippen LogP) is 4.29. The molecular formula is C17H26ClNO. The van der Waals surface area contributed by atoms with Crippen LogP contribution in [0.3, 0.4) is 0 Å². The zero-order valence-corrected chi connectivity index (χ0v) is 13.8. The summed E-state index contributed by atoms with van der Waals surface area (Å²) in [5.41, 5.74) is 2.44. The number of hydrogen-bond acceptors (Lipinski definition) is 2. The van der Waals surface area contributed by atoms with E-state index in [1.165, 1.54) is 11.1 Å². The van der Waals surface area contributed by atoms with Crippen LogP contribution in [0, 0.1) is 17.8 Å². The third kappa shape index (κ3) is 3.67. The van der Waals surface area contributed by atoms with Gasteiger partial charge in [0.25, 0.3) is 0 Å². The van der Waals surface area contributed by atoms with E-state index in [1.807, 2.05) is 12.1 Å². The van der Waals surface area contributed by atoms with Crippen LogP contribution in [0.25, 0.3) is 0 Å². The summed E-state index contributed by atoms with van der Waals surface area (Å²) in [7, 11) is 0. The van der Waals surface area contributed by atoms with E-state index in [1.54, 1.807) is 0 Å². The molecule has 0 unspecified atom stereocenters. The van der Waals surface area contributed by atoms with Crippen molar-refractivity contribution < 1.29 is 4.74 Å². The van der Waals surface area contributed by atoms with Gasteiger partial charge in [0.05, 0.1) is 6.61 Å². The molecule has 0 aromatic heterocycles. The normalized spacial score (nSPS) is 14.2. The Bertz CT molecular complexity index is 449. The Morgan fingerprint density at radius 3 is 2.55 bits per heavy atom. The van der Waals surface area contributed by atoms with Gasteiger partial charge >= 0.3 is 0 Å². The summed E-state index contributed by atoms with van der Waals surface area (Å²) < 4.78 is 5.74. The molecule has 0 atom stereocenters. The van der Waals surface area contributed by atoms with Crippen LogP contribution in [0.5, 0.6) is 5.75 Å². The second kappa shape index (κ2) is 6.82. The average molecular weight is 296 g/mol. The average Bonchev–Trinajstić information content (AvgIpc) is 2.81. The smallest absolute Gasteiger partial charge is 0.127 e. The quantitative estimate of drug-likeness (QED) is 0.845. The zero-order valence-electron chi connectivity index (χ0n) is 13.0. The van der Waals surface area contributed by atoms with E-state index in [4.69, 9.17) is 16.3 Å². The van der Waals surface area contributed by atoms with Crippen LogP contribution >= 0.6 is 11.6 Å². The van der Waals surface area contributed by atoms with E-state index in [9.17, 15) is 0 Å². The fourth-order valence-corrected chi connectivity index (χ4v) is 3.36. The summed E-state index contributed by atoms with van der Waals surface area (Å²) in [6.07, 6.45) is 0.976. The monoisotopic (exact) mass is 295 g/mol. The molecule has 1 aromatic carbocycles. The van der Waals surface area contributed by atoms with E-state index < -0.39 is 0 Å². The Kier molecular flexibility index (Phi) is 5.34. The minimum absolute atomic E-state index is 0.697. The number of rotatable bonds is 6. The third-order valence-electron chi connectivity index (χ3n) is 4.23. The minimum Gasteiger partial charge on any atom is -0.493 e. The van der Waals surface area contributed by atoms with Gasteiger partial charge < -0.3 is 10.1 Å². The molecule has 1 aromatic rings. The molecular weight excluding hydrogens is 270 g/mol. The van der Waals surface area contributed by atoms with E-state index in [-0.39, 0.29) is 0 Å². The molecule has 112 valence electrons. The highest BCUT2D eigenvalue weighted by molar-refractivity contribution is 6.30. The van der Waals surface area contributed by atoms with Gasteiger partial charge in [0.1, 0.15) is 5.75 Å². The van der Waals surface area contributed by atoms with Crippen LogP contribution in [0.4, 0.5) is 0 Å². The summed E-state index contributed by atoms with van der Waals surface area (Å²) in [4.78, 5) is 0. The predicted molar refractivity (Wildman–Crippen MR) is 85.5 cm³/mol. The summed E-state index contributed by atoms with van der Waals surface area (Å²) >= 11 is 6.19.